The summed E-state index contributed by atoms with van der Waals surface area (Å²) in [5, 5.41) is 12.9. The van der Waals surface area contributed by atoms with Gasteiger partial charge in [-0.3, -0.25) is 10.2 Å². The molecule has 7 heteroatoms. The Morgan fingerprint density at radius 1 is 1.31 bits per heavy atom. The van der Waals surface area contributed by atoms with Crippen molar-refractivity contribution in [2.24, 2.45) is 0 Å². The molecule has 1 aromatic heterocycles. The standard InChI is InChI=1S/C19H25N5OS/c1-23-11-15-7-4-3-6-14(15)10-16(23)12-24(2)19(25)20-18-22-21-17(26-18)13-8-5-9-13/h3-4,6-7,13,16H,5,8-12H2,1-2H3,(H,20,22,25). The summed E-state index contributed by atoms with van der Waals surface area (Å²) in [5.74, 6) is 0.548. The molecule has 2 aromatic rings. The number of rotatable bonds is 4. The highest BCUT2D eigenvalue weighted by molar-refractivity contribution is 7.15. The van der Waals surface area contributed by atoms with Crippen LogP contribution in [0.5, 0.6) is 0 Å². The number of amides is 2. The van der Waals surface area contributed by atoms with Crippen LogP contribution in [-0.2, 0) is 13.0 Å². The van der Waals surface area contributed by atoms with E-state index >= 15 is 0 Å². The van der Waals surface area contributed by atoms with Crippen LogP contribution in [0.25, 0.3) is 0 Å². The summed E-state index contributed by atoms with van der Waals surface area (Å²) in [7, 11) is 3.97. The number of likely N-dealkylation sites (N-methyl/N-ethyl adjacent to an activating group) is 2. The van der Waals surface area contributed by atoms with Crippen molar-refractivity contribution in [1.29, 1.82) is 0 Å². The Balaban J connectivity index is 1.34. The molecule has 138 valence electrons. The van der Waals surface area contributed by atoms with Crippen LogP contribution in [-0.4, -0.2) is 52.7 Å². The highest BCUT2D eigenvalue weighted by atomic mass is 32.1. The lowest BCUT2D eigenvalue weighted by molar-refractivity contribution is 0.166. The quantitative estimate of drug-likeness (QED) is 0.896. The lowest BCUT2D eigenvalue weighted by atomic mass is 9.86. The summed E-state index contributed by atoms with van der Waals surface area (Å²) < 4.78 is 0. The molecule has 0 radical (unpaired) electrons. The summed E-state index contributed by atoms with van der Waals surface area (Å²) in [4.78, 5) is 16.6. The maximum absolute atomic E-state index is 12.5. The Kier molecular flexibility index (Phi) is 4.91. The van der Waals surface area contributed by atoms with E-state index in [4.69, 9.17) is 0 Å². The van der Waals surface area contributed by atoms with Gasteiger partial charge in [-0.15, -0.1) is 10.2 Å². The molecule has 0 spiro atoms. The maximum Gasteiger partial charge on any atom is 0.323 e. The van der Waals surface area contributed by atoms with Crippen molar-refractivity contribution in [3.8, 4) is 0 Å². The molecular weight excluding hydrogens is 346 g/mol. The van der Waals surface area contributed by atoms with E-state index in [1.165, 1.54) is 41.7 Å². The summed E-state index contributed by atoms with van der Waals surface area (Å²) in [5.41, 5.74) is 2.77. The van der Waals surface area contributed by atoms with Gasteiger partial charge in [0.15, 0.2) is 0 Å². The SMILES string of the molecule is CN(CC1Cc2ccccc2CN1C)C(=O)Nc1nnc(C2CCC2)s1. The van der Waals surface area contributed by atoms with Gasteiger partial charge < -0.3 is 4.90 Å². The molecule has 2 amide bonds. The average Bonchev–Trinajstić information content (AvgIpc) is 3.01. The molecule has 4 rings (SSSR count). The maximum atomic E-state index is 12.5. The third kappa shape index (κ3) is 3.59. The fraction of sp³-hybridized carbons (Fsp3) is 0.526. The van der Waals surface area contributed by atoms with Gasteiger partial charge in [0, 0.05) is 32.1 Å². The minimum Gasteiger partial charge on any atom is -0.326 e. The molecule has 0 bridgehead atoms. The molecule has 2 heterocycles. The zero-order valence-electron chi connectivity index (χ0n) is 15.3. The van der Waals surface area contributed by atoms with E-state index in [1.807, 2.05) is 7.05 Å². The van der Waals surface area contributed by atoms with Gasteiger partial charge in [-0.2, -0.15) is 0 Å². The van der Waals surface area contributed by atoms with E-state index < -0.39 is 0 Å². The first-order chi connectivity index (χ1) is 12.6. The van der Waals surface area contributed by atoms with Crippen molar-refractivity contribution >= 4 is 22.5 Å². The summed E-state index contributed by atoms with van der Waals surface area (Å²) >= 11 is 1.51. The Morgan fingerprint density at radius 3 is 2.81 bits per heavy atom. The molecule has 6 nitrogen and oxygen atoms in total. The van der Waals surface area contributed by atoms with Crippen molar-refractivity contribution in [2.45, 2.75) is 44.2 Å². The Labute approximate surface area is 158 Å². The van der Waals surface area contributed by atoms with Gasteiger partial charge in [-0.1, -0.05) is 42.0 Å². The third-order valence-corrected chi connectivity index (χ3v) is 6.56. The number of hydrogen-bond donors (Lipinski definition) is 1. The largest absolute Gasteiger partial charge is 0.326 e. The number of carbonyl (C=O) groups is 1. The first-order valence-electron chi connectivity index (χ1n) is 9.22. The van der Waals surface area contributed by atoms with Crippen LogP contribution in [0.15, 0.2) is 24.3 Å². The number of fused-ring (bicyclic) bond motifs is 1. The molecule has 1 fully saturated rings. The molecule has 26 heavy (non-hydrogen) atoms. The minimum atomic E-state index is -0.117. The lowest BCUT2D eigenvalue weighted by Crippen LogP contribution is -2.47. The van der Waals surface area contributed by atoms with Crippen molar-refractivity contribution in [2.75, 3.05) is 26.0 Å². The number of aromatic nitrogens is 2. The second-order valence-electron chi connectivity index (χ2n) is 7.43. The minimum absolute atomic E-state index is 0.117. The Bertz CT molecular complexity index is 788. The monoisotopic (exact) mass is 371 g/mol. The fourth-order valence-electron chi connectivity index (χ4n) is 3.61. The second-order valence-corrected chi connectivity index (χ2v) is 8.43. The van der Waals surface area contributed by atoms with E-state index in [9.17, 15) is 4.79 Å². The predicted molar refractivity (Wildman–Crippen MR) is 104 cm³/mol. The normalized spacial score (nSPS) is 20.3. The summed E-state index contributed by atoms with van der Waals surface area (Å²) in [6.07, 6.45) is 4.62. The molecule has 1 aromatic carbocycles. The number of nitrogens with zero attached hydrogens (tertiary/aromatic N) is 4. The summed E-state index contributed by atoms with van der Waals surface area (Å²) in [6.45, 7) is 1.61. The highest BCUT2D eigenvalue weighted by Crippen LogP contribution is 2.38. The van der Waals surface area contributed by atoms with Gasteiger partial charge in [0.25, 0.3) is 0 Å². The first-order valence-corrected chi connectivity index (χ1v) is 10.0. The molecule has 0 saturated heterocycles. The Morgan fingerprint density at radius 2 is 2.08 bits per heavy atom. The summed E-state index contributed by atoms with van der Waals surface area (Å²) in [6, 6.07) is 8.76. The van der Waals surface area contributed by atoms with Gasteiger partial charge in [0.1, 0.15) is 5.01 Å². The van der Waals surface area contributed by atoms with E-state index in [0.717, 1.165) is 18.0 Å². The van der Waals surface area contributed by atoms with Crippen LogP contribution in [0.2, 0.25) is 0 Å². The third-order valence-electron chi connectivity index (χ3n) is 5.56. The highest BCUT2D eigenvalue weighted by Gasteiger charge is 2.27. The van der Waals surface area contributed by atoms with Gasteiger partial charge in [-0.25, -0.2) is 4.79 Å². The smallest absolute Gasteiger partial charge is 0.323 e. The molecule has 1 saturated carbocycles. The number of anilines is 1. The average molecular weight is 372 g/mol. The van der Waals surface area contributed by atoms with Crippen LogP contribution in [0.1, 0.15) is 41.3 Å². The molecular formula is C19H25N5OS. The zero-order valence-corrected chi connectivity index (χ0v) is 16.1. The number of carbonyl (C=O) groups excluding carboxylic acids is 1. The Hall–Kier alpha value is -1.99. The lowest BCUT2D eigenvalue weighted by Gasteiger charge is -2.36. The topological polar surface area (TPSA) is 61.4 Å². The number of hydrogen-bond acceptors (Lipinski definition) is 5. The van der Waals surface area contributed by atoms with Crippen molar-refractivity contribution in [1.82, 2.24) is 20.0 Å². The van der Waals surface area contributed by atoms with Crippen molar-refractivity contribution < 1.29 is 4.79 Å². The van der Waals surface area contributed by atoms with Crippen molar-refractivity contribution in [3.05, 3.63) is 40.4 Å². The van der Waals surface area contributed by atoms with Crippen LogP contribution in [0, 0.1) is 0 Å². The van der Waals surface area contributed by atoms with Crippen molar-refractivity contribution in [3.63, 3.8) is 0 Å². The second kappa shape index (κ2) is 7.32. The van der Waals surface area contributed by atoms with Crippen LogP contribution in [0.3, 0.4) is 0 Å². The number of benzene rings is 1. The zero-order chi connectivity index (χ0) is 18.1. The molecule has 1 atom stereocenters. The van der Waals surface area contributed by atoms with E-state index in [1.54, 1.807) is 4.90 Å². The van der Waals surface area contributed by atoms with Gasteiger partial charge >= 0.3 is 6.03 Å². The fourth-order valence-corrected chi connectivity index (χ4v) is 4.52. The number of nitrogens with one attached hydrogen (secondary N) is 1. The van der Waals surface area contributed by atoms with E-state index in [-0.39, 0.29) is 6.03 Å². The van der Waals surface area contributed by atoms with Gasteiger partial charge in [-0.05, 0) is 37.4 Å². The molecule has 2 aliphatic rings. The van der Waals surface area contributed by atoms with Gasteiger partial charge in [0.05, 0.1) is 0 Å². The molecule has 1 aliphatic carbocycles. The van der Waals surface area contributed by atoms with Crippen LogP contribution in [0.4, 0.5) is 9.93 Å². The molecule has 1 N–H and O–H groups in total. The van der Waals surface area contributed by atoms with Crippen LogP contribution >= 0.6 is 11.3 Å². The molecule has 1 aliphatic heterocycles. The van der Waals surface area contributed by atoms with Gasteiger partial charge in [0.2, 0.25) is 5.13 Å². The molecule has 1 unspecified atom stereocenters. The number of urea groups is 1. The first kappa shape index (κ1) is 17.4. The van der Waals surface area contributed by atoms with Crippen LogP contribution < -0.4 is 5.32 Å². The van der Waals surface area contributed by atoms with E-state index in [2.05, 4.69) is 51.7 Å². The van der Waals surface area contributed by atoms with E-state index in [0.29, 0.717) is 23.6 Å². The predicted octanol–water partition coefficient (Wildman–Crippen LogP) is 3.33.